The van der Waals surface area contributed by atoms with E-state index in [0.29, 0.717) is 15.1 Å². The first-order valence-corrected chi connectivity index (χ1v) is 6.44. The number of rotatable bonds is 4. The van der Waals surface area contributed by atoms with Gasteiger partial charge in [0.05, 0.1) is 23.6 Å². The van der Waals surface area contributed by atoms with Gasteiger partial charge in [0.25, 0.3) is 5.91 Å². The predicted molar refractivity (Wildman–Crippen MR) is 72.7 cm³/mol. The second-order valence-corrected chi connectivity index (χ2v) is 4.97. The Kier molecular flexibility index (Phi) is 5.62. The molecular formula is C12H13BrClNO3. The molecule has 1 aromatic carbocycles. The van der Waals surface area contributed by atoms with Gasteiger partial charge in [-0.1, -0.05) is 24.6 Å². The molecule has 0 saturated carbocycles. The minimum Gasteiger partial charge on any atom is -0.469 e. The summed E-state index contributed by atoms with van der Waals surface area (Å²) in [6.07, 6.45) is 0. The van der Waals surface area contributed by atoms with Gasteiger partial charge in [-0.2, -0.15) is 0 Å². The van der Waals surface area contributed by atoms with E-state index in [-0.39, 0.29) is 18.4 Å². The SMILES string of the molecule is COC(=O)C(C)CNC(=O)c1cccc(Br)c1Cl. The van der Waals surface area contributed by atoms with Crippen LogP contribution in [0.25, 0.3) is 0 Å². The van der Waals surface area contributed by atoms with Gasteiger partial charge < -0.3 is 10.1 Å². The molecule has 4 nitrogen and oxygen atoms in total. The molecule has 0 spiro atoms. The highest BCUT2D eigenvalue weighted by Gasteiger charge is 2.16. The number of nitrogens with one attached hydrogen (secondary N) is 1. The molecule has 0 heterocycles. The number of methoxy groups -OCH3 is 1. The molecule has 0 aliphatic heterocycles. The summed E-state index contributed by atoms with van der Waals surface area (Å²) in [7, 11) is 1.31. The average molecular weight is 335 g/mol. The first-order chi connectivity index (χ1) is 8.47. The van der Waals surface area contributed by atoms with E-state index in [4.69, 9.17) is 11.6 Å². The molecule has 0 fully saturated rings. The molecule has 18 heavy (non-hydrogen) atoms. The molecule has 1 unspecified atom stereocenters. The number of ether oxygens (including phenoxy) is 1. The molecule has 0 radical (unpaired) electrons. The van der Waals surface area contributed by atoms with Crippen molar-refractivity contribution < 1.29 is 14.3 Å². The van der Waals surface area contributed by atoms with Crippen LogP contribution in [0.3, 0.4) is 0 Å². The first-order valence-electron chi connectivity index (χ1n) is 5.27. The Bertz CT molecular complexity index is 465. The fourth-order valence-electron chi connectivity index (χ4n) is 1.30. The van der Waals surface area contributed by atoms with Crippen molar-refractivity contribution in [1.82, 2.24) is 5.32 Å². The van der Waals surface area contributed by atoms with Crippen LogP contribution in [0, 0.1) is 5.92 Å². The van der Waals surface area contributed by atoms with Crippen LogP contribution in [0.2, 0.25) is 5.02 Å². The topological polar surface area (TPSA) is 55.4 Å². The highest BCUT2D eigenvalue weighted by molar-refractivity contribution is 9.10. The number of benzene rings is 1. The summed E-state index contributed by atoms with van der Waals surface area (Å²) in [6.45, 7) is 1.88. The van der Waals surface area contributed by atoms with Crippen LogP contribution in [-0.4, -0.2) is 25.5 Å². The number of carbonyl (C=O) groups excluding carboxylic acids is 2. The zero-order valence-corrected chi connectivity index (χ0v) is 12.3. The number of hydrogen-bond acceptors (Lipinski definition) is 3. The Hall–Kier alpha value is -1.07. The summed E-state index contributed by atoms with van der Waals surface area (Å²) in [5.74, 6) is -1.09. The third-order valence-electron chi connectivity index (χ3n) is 2.37. The van der Waals surface area contributed by atoms with E-state index in [9.17, 15) is 9.59 Å². The summed E-state index contributed by atoms with van der Waals surface area (Å²) in [4.78, 5) is 23.0. The van der Waals surface area contributed by atoms with Crippen molar-refractivity contribution in [2.45, 2.75) is 6.92 Å². The van der Waals surface area contributed by atoms with E-state index in [1.165, 1.54) is 7.11 Å². The molecule has 0 aliphatic carbocycles. The monoisotopic (exact) mass is 333 g/mol. The third-order valence-corrected chi connectivity index (χ3v) is 3.66. The lowest BCUT2D eigenvalue weighted by Crippen LogP contribution is -2.32. The van der Waals surface area contributed by atoms with Crippen molar-refractivity contribution in [3.05, 3.63) is 33.3 Å². The van der Waals surface area contributed by atoms with Crippen molar-refractivity contribution in [3.63, 3.8) is 0 Å². The zero-order valence-electron chi connectivity index (χ0n) is 10.00. The lowest BCUT2D eigenvalue weighted by atomic mass is 10.1. The van der Waals surface area contributed by atoms with E-state index in [0.717, 1.165) is 0 Å². The molecule has 0 saturated heterocycles. The third kappa shape index (κ3) is 3.71. The minimum absolute atomic E-state index is 0.203. The molecule has 1 amide bonds. The summed E-state index contributed by atoms with van der Waals surface area (Å²) in [5.41, 5.74) is 0.364. The number of hydrogen-bond donors (Lipinski definition) is 1. The highest BCUT2D eigenvalue weighted by Crippen LogP contribution is 2.25. The van der Waals surface area contributed by atoms with Crippen molar-refractivity contribution in [2.24, 2.45) is 5.92 Å². The summed E-state index contributed by atoms with van der Waals surface area (Å²) >= 11 is 9.24. The van der Waals surface area contributed by atoms with Gasteiger partial charge >= 0.3 is 5.97 Å². The van der Waals surface area contributed by atoms with Crippen LogP contribution in [0.4, 0.5) is 0 Å². The van der Waals surface area contributed by atoms with Crippen molar-refractivity contribution in [2.75, 3.05) is 13.7 Å². The summed E-state index contributed by atoms with van der Waals surface area (Å²) in [6, 6.07) is 5.08. The van der Waals surface area contributed by atoms with Crippen molar-refractivity contribution in [3.8, 4) is 0 Å². The minimum atomic E-state index is -0.398. The fourth-order valence-corrected chi connectivity index (χ4v) is 1.88. The van der Waals surface area contributed by atoms with Gasteiger partial charge in [0, 0.05) is 11.0 Å². The Morgan fingerprint density at radius 3 is 2.78 bits per heavy atom. The van der Waals surface area contributed by atoms with Gasteiger partial charge in [0.15, 0.2) is 0 Å². The maximum Gasteiger partial charge on any atom is 0.310 e. The van der Waals surface area contributed by atoms with Gasteiger partial charge in [0.1, 0.15) is 0 Å². The lowest BCUT2D eigenvalue weighted by Gasteiger charge is -2.11. The van der Waals surface area contributed by atoms with E-state index >= 15 is 0 Å². The van der Waals surface area contributed by atoms with Crippen molar-refractivity contribution >= 4 is 39.4 Å². The maximum absolute atomic E-state index is 11.9. The number of amides is 1. The standard InChI is InChI=1S/C12H13BrClNO3/c1-7(12(17)18-2)6-15-11(16)8-4-3-5-9(13)10(8)14/h3-5,7H,6H2,1-2H3,(H,15,16). The van der Waals surface area contributed by atoms with E-state index < -0.39 is 5.92 Å². The lowest BCUT2D eigenvalue weighted by molar-refractivity contribution is -0.144. The molecule has 0 bridgehead atoms. The van der Waals surface area contributed by atoms with Gasteiger partial charge in [0.2, 0.25) is 0 Å². The van der Waals surface area contributed by atoms with Crippen LogP contribution < -0.4 is 5.32 Å². The van der Waals surface area contributed by atoms with Gasteiger partial charge in [-0.05, 0) is 28.1 Å². The fraction of sp³-hybridized carbons (Fsp3) is 0.333. The second kappa shape index (κ2) is 6.75. The molecule has 1 N–H and O–H groups in total. The van der Waals surface area contributed by atoms with E-state index in [1.807, 2.05) is 0 Å². The smallest absolute Gasteiger partial charge is 0.310 e. The number of carbonyl (C=O) groups is 2. The van der Waals surface area contributed by atoms with Crippen LogP contribution in [0.1, 0.15) is 17.3 Å². The normalized spacial score (nSPS) is 11.8. The molecule has 1 aromatic rings. The van der Waals surface area contributed by atoms with Crippen LogP contribution in [-0.2, 0) is 9.53 Å². The Morgan fingerprint density at radius 1 is 1.50 bits per heavy atom. The average Bonchev–Trinajstić information content (AvgIpc) is 2.37. The van der Waals surface area contributed by atoms with E-state index in [1.54, 1.807) is 25.1 Å². The summed E-state index contributed by atoms with van der Waals surface area (Å²) < 4.78 is 5.22. The Labute approximate surface area is 119 Å². The largest absolute Gasteiger partial charge is 0.469 e. The van der Waals surface area contributed by atoms with Gasteiger partial charge in [-0.25, -0.2) is 0 Å². The van der Waals surface area contributed by atoms with E-state index in [2.05, 4.69) is 26.0 Å². The molecule has 0 aromatic heterocycles. The molecular weight excluding hydrogens is 321 g/mol. The maximum atomic E-state index is 11.9. The first kappa shape index (κ1) is 15.0. The van der Waals surface area contributed by atoms with Crippen LogP contribution in [0.15, 0.2) is 22.7 Å². The van der Waals surface area contributed by atoms with Gasteiger partial charge in [-0.15, -0.1) is 0 Å². The number of esters is 1. The zero-order chi connectivity index (χ0) is 13.7. The predicted octanol–water partition coefficient (Wildman–Crippen LogP) is 2.64. The Balaban J connectivity index is 2.66. The Morgan fingerprint density at radius 2 is 2.17 bits per heavy atom. The molecule has 1 rings (SSSR count). The second-order valence-electron chi connectivity index (χ2n) is 3.74. The molecule has 0 aliphatic rings. The highest BCUT2D eigenvalue weighted by atomic mass is 79.9. The molecule has 1 atom stereocenters. The molecule has 98 valence electrons. The van der Waals surface area contributed by atoms with Crippen LogP contribution in [0.5, 0.6) is 0 Å². The quantitative estimate of drug-likeness (QED) is 0.861. The summed E-state index contributed by atoms with van der Waals surface area (Å²) in [5, 5.41) is 2.98. The van der Waals surface area contributed by atoms with Crippen LogP contribution >= 0.6 is 27.5 Å². The van der Waals surface area contributed by atoms with Crippen molar-refractivity contribution in [1.29, 1.82) is 0 Å². The van der Waals surface area contributed by atoms with Gasteiger partial charge in [-0.3, -0.25) is 9.59 Å². The molecule has 6 heteroatoms. The number of halogens is 2.